The Morgan fingerprint density at radius 1 is 1.16 bits per heavy atom. The molecule has 0 fully saturated rings. The third-order valence-corrected chi connectivity index (χ3v) is 3.12. The molecule has 0 saturated carbocycles. The summed E-state index contributed by atoms with van der Waals surface area (Å²) in [6.07, 6.45) is 0. The first-order valence-electron chi connectivity index (χ1n) is 5.73. The number of nitrogens with one attached hydrogen (secondary N) is 1. The van der Waals surface area contributed by atoms with Crippen LogP contribution in [-0.2, 0) is 6.61 Å². The van der Waals surface area contributed by atoms with E-state index in [0.29, 0.717) is 6.61 Å². The maximum atomic E-state index is 10.6. The molecule has 2 aromatic carbocycles. The van der Waals surface area contributed by atoms with Crippen molar-refractivity contribution in [1.82, 2.24) is 4.72 Å². The lowest BCUT2D eigenvalue weighted by atomic mass is 10.2. The van der Waals surface area contributed by atoms with Gasteiger partial charge in [-0.2, -0.15) is 0 Å². The van der Waals surface area contributed by atoms with Crippen LogP contribution in [0.1, 0.15) is 5.56 Å². The molecule has 0 aliphatic rings. The number of primary amides is 1. The Hall–Kier alpha value is -2.14. The van der Waals surface area contributed by atoms with Crippen LogP contribution < -0.4 is 15.2 Å². The van der Waals surface area contributed by atoms with Crippen LogP contribution in [0.15, 0.2) is 59.5 Å². The molecule has 4 nitrogen and oxygen atoms in total. The zero-order valence-electron chi connectivity index (χ0n) is 10.2. The van der Waals surface area contributed by atoms with Crippen molar-refractivity contribution in [2.24, 2.45) is 5.73 Å². The van der Waals surface area contributed by atoms with E-state index in [1.807, 2.05) is 54.6 Å². The van der Waals surface area contributed by atoms with E-state index in [-0.39, 0.29) is 0 Å². The zero-order valence-corrected chi connectivity index (χ0v) is 11.0. The minimum absolute atomic E-state index is 0.512. The molecule has 0 aromatic heterocycles. The van der Waals surface area contributed by atoms with Gasteiger partial charge in [-0.05, 0) is 35.7 Å². The molecule has 0 bridgehead atoms. The fraction of sp³-hybridized carbons (Fsp3) is 0.0714. The second-order valence-corrected chi connectivity index (χ2v) is 4.70. The summed E-state index contributed by atoms with van der Waals surface area (Å²) < 4.78 is 8.15. The van der Waals surface area contributed by atoms with Crippen LogP contribution >= 0.6 is 11.9 Å². The molecular weight excluding hydrogens is 260 g/mol. The number of hydrogen-bond donors (Lipinski definition) is 2. The van der Waals surface area contributed by atoms with E-state index in [4.69, 9.17) is 10.5 Å². The van der Waals surface area contributed by atoms with E-state index in [1.54, 1.807) is 0 Å². The largest absolute Gasteiger partial charge is 0.489 e. The number of carbonyl (C=O) groups excluding carboxylic acids is 1. The molecule has 2 aromatic rings. The van der Waals surface area contributed by atoms with E-state index in [1.165, 1.54) is 0 Å². The van der Waals surface area contributed by atoms with Gasteiger partial charge in [0.2, 0.25) is 0 Å². The summed E-state index contributed by atoms with van der Waals surface area (Å²) in [6.45, 7) is 0.512. The molecule has 0 heterocycles. The predicted octanol–water partition coefficient (Wildman–Crippen LogP) is 2.94. The van der Waals surface area contributed by atoms with Crippen LogP contribution in [0.3, 0.4) is 0 Å². The van der Waals surface area contributed by atoms with E-state index in [2.05, 4.69) is 4.72 Å². The van der Waals surface area contributed by atoms with Crippen molar-refractivity contribution >= 4 is 18.0 Å². The average molecular weight is 274 g/mol. The maximum absolute atomic E-state index is 10.6. The molecule has 3 N–H and O–H groups in total. The quantitative estimate of drug-likeness (QED) is 0.824. The Balaban J connectivity index is 1.93. The standard InChI is InChI=1S/C14H14N2O2S/c15-14(17)16-19-13-8-4-7-12(9-13)18-10-11-5-2-1-3-6-11/h1-9H,10H2,(H3,15,16,17). The molecule has 0 radical (unpaired) electrons. The van der Waals surface area contributed by atoms with Crippen LogP contribution in [0.2, 0.25) is 0 Å². The van der Waals surface area contributed by atoms with Gasteiger partial charge < -0.3 is 10.5 Å². The van der Waals surface area contributed by atoms with Crippen LogP contribution in [0.5, 0.6) is 5.75 Å². The summed E-state index contributed by atoms with van der Waals surface area (Å²) in [5.74, 6) is 0.750. The van der Waals surface area contributed by atoms with Gasteiger partial charge in [0, 0.05) is 4.90 Å². The Morgan fingerprint density at radius 3 is 2.68 bits per heavy atom. The Kier molecular flexibility index (Phi) is 4.69. The summed E-state index contributed by atoms with van der Waals surface area (Å²) in [7, 11) is 0. The average Bonchev–Trinajstić information content (AvgIpc) is 2.44. The van der Waals surface area contributed by atoms with Crippen molar-refractivity contribution in [2.45, 2.75) is 11.5 Å². The summed E-state index contributed by atoms with van der Waals surface area (Å²) in [6, 6.07) is 16.8. The lowest BCUT2D eigenvalue weighted by Crippen LogP contribution is -2.22. The normalized spacial score (nSPS) is 9.89. The van der Waals surface area contributed by atoms with E-state index in [9.17, 15) is 4.79 Å². The molecule has 19 heavy (non-hydrogen) atoms. The Labute approximate surface area is 116 Å². The molecule has 0 aliphatic heterocycles. The highest BCUT2D eigenvalue weighted by Crippen LogP contribution is 2.21. The number of hydrogen-bond acceptors (Lipinski definition) is 3. The topological polar surface area (TPSA) is 64.4 Å². The third kappa shape index (κ3) is 4.56. The number of urea groups is 1. The first kappa shape index (κ1) is 13.3. The van der Waals surface area contributed by atoms with Gasteiger partial charge in [-0.25, -0.2) is 4.79 Å². The van der Waals surface area contributed by atoms with Gasteiger partial charge in [0.15, 0.2) is 0 Å². The van der Waals surface area contributed by atoms with Crippen LogP contribution in [0.25, 0.3) is 0 Å². The van der Waals surface area contributed by atoms with Crippen molar-refractivity contribution in [3.8, 4) is 5.75 Å². The van der Waals surface area contributed by atoms with Gasteiger partial charge in [0.25, 0.3) is 0 Å². The predicted molar refractivity (Wildman–Crippen MR) is 75.8 cm³/mol. The highest BCUT2D eigenvalue weighted by Gasteiger charge is 2.00. The first-order valence-corrected chi connectivity index (χ1v) is 6.55. The lowest BCUT2D eigenvalue weighted by molar-refractivity contribution is 0.254. The summed E-state index contributed by atoms with van der Waals surface area (Å²) in [5, 5.41) is 0. The highest BCUT2D eigenvalue weighted by molar-refractivity contribution is 7.98. The number of carbonyl (C=O) groups is 1. The van der Waals surface area contributed by atoms with Gasteiger partial charge >= 0.3 is 6.03 Å². The number of ether oxygens (including phenoxy) is 1. The zero-order chi connectivity index (χ0) is 13.5. The molecule has 0 aliphatic carbocycles. The molecule has 0 atom stereocenters. The monoisotopic (exact) mass is 274 g/mol. The summed E-state index contributed by atoms with van der Waals surface area (Å²) in [5.41, 5.74) is 6.12. The van der Waals surface area contributed by atoms with Gasteiger partial charge in [-0.3, -0.25) is 4.72 Å². The molecule has 2 amide bonds. The van der Waals surface area contributed by atoms with Crippen LogP contribution in [0.4, 0.5) is 4.79 Å². The second-order valence-electron chi connectivity index (χ2n) is 3.82. The molecule has 5 heteroatoms. The minimum Gasteiger partial charge on any atom is -0.489 e. The van der Waals surface area contributed by atoms with Crippen molar-refractivity contribution in [2.75, 3.05) is 0 Å². The van der Waals surface area contributed by atoms with Crippen molar-refractivity contribution in [3.05, 3.63) is 60.2 Å². The molecule has 98 valence electrons. The molecule has 2 rings (SSSR count). The first-order chi connectivity index (χ1) is 9.24. The Bertz CT molecular complexity index is 546. The van der Waals surface area contributed by atoms with E-state index in [0.717, 1.165) is 28.2 Å². The molecule has 0 spiro atoms. The molecule has 0 unspecified atom stereocenters. The van der Waals surface area contributed by atoms with E-state index < -0.39 is 6.03 Å². The maximum Gasteiger partial charge on any atom is 0.322 e. The number of benzene rings is 2. The lowest BCUT2D eigenvalue weighted by Gasteiger charge is -2.08. The second kappa shape index (κ2) is 6.70. The summed E-state index contributed by atoms with van der Waals surface area (Å²) in [4.78, 5) is 11.5. The van der Waals surface area contributed by atoms with Gasteiger partial charge in [0.1, 0.15) is 12.4 Å². The van der Waals surface area contributed by atoms with Gasteiger partial charge in [0.05, 0.1) is 0 Å². The van der Waals surface area contributed by atoms with Crippen LogP contribution in [-0.4, -0.2) is 6.03 Å². The van der Waals surface area contributed by atoms with E-state index >= 15 is 0 Å². The number of rotatable bonds is 5. The number of amides is 2. The Morgan fingerprint density at radius 2 is 1.95 bits per heavy atom. The van der Waals surface area contributed by atoms with Crippen molar-refractivity contribution in [3.63, 3.8) is 0 Å². The van der Waals surface area contributed by atoms with Crippen molar-refractivity contribution in [1.29, 1.82) is 0 Å². The molecule has 0 saturated heterocycles. The fourth-order valence-corrected chi connectivity index (χ4v) is 2.02. The SMILES string of the molecule is NC(=O)NSc1cccc(OCc2ccccc2)c1. The summed E-state index contributed by atoms with van der Waals surface area (Å²) >= 11 is 1.16. The van der Waals surface area contributed by atoms with Gasteiger partial charge in [-0.1, -0.05) is 36.4 Å². The smallest absolute Gasteiger partial charge is 0.322 e. The number of nitrogens with two attached hydrogens (primary N) is 1. The minimum atomic E-state index is -0.569. The van der Waals surface area contributed by atoms with Crippen LogP contribution in [0, 0.1) is 0 Å². The fourth-order valence-electron chi connectivity index (χ4n) is 1.48. The van der Waals surface area contributed by atoms with Gasteiger partial charge in [-0.15, -0.1) is 0 Å². The highest BCUT2D eigenvalue weighted by atomic mass is 32.2. The third-order valence-electron chi connectivity index (χ3n) is 2.32. The van der Waals surface area contributed by atoms with Crippen molar-refractivity contribution < 1.29 is 9.53 Å². The molecular formula is C14H14N2O2S.